The Hall–Kier alpha value is -1.27. The van der Waals surface area contributed by atoms with Crippen LogP contribution < -0.4 is 16.1 Å². The van der Waals surface area contributed by atoms with Crippen molar-refractivity contribution in [1.82, 2.24) is 21.2 Å². The molecule has 35 heavy (non-hydrogen) atoms. The molecule has 0 aliphatic heterocycles. The predicted octanol–water partition coefficient (Wildman–Crippen LogP) is 6.84. The van der Waals surface area contributed by atoms with Crippen molar-refractivity contribution in [3.63, 3.8) is 0 Å². The molecule has 0 aromatic heterocycles. The lowest BCUT2D eigenvalue weighted by atomic mass is 9.73. The number of hydrogen-bond acceptors (Lipinski definition) is 4. The molecular formula is C29H54N4O2. The summed E-state index contributed by atoms with van der Waals surface area (Å²) in [7, 11) is 0. The highest BCUT2D eigenvalue weighted by Gasteiger charge is 2.28. The van der Waals surface area contributed by atoms with E-state index in [2.05, 4.69) is 29.6 Å². The maximum absolute atomic E-state index is 12.4. The Bertz CT molecular complexity index is 579. The Labute approximate surface area is 215 Å². The van der Waals surface area contributed by atoms with Gasteiger partial charge in [0.25, 0.3) is 0 Å². The van der Waals surface area contributed by atoms with Gasteiger partial charge in [-0.05, 0) is 75.5 Å². The molecule has 3 rings (SSSR count). The smallest absolute Gasteiger partial charge is 0.315 e. The summed E-state index contributed by atoms with van der Waals surface area (Å²) in [5.74, 6) is 2.75. The number of rotatable bonds is 14. The SMILES string of the molecule is C=CNON(CCC)CCCCC1CCC(CC2CCC(NC(=O)NC3CCCCC3)CC2)CC1. The van der Waals surface area contributed by atoms with E-state index in [4.69, 9.17) is 4.94 Å². The molecular weight excluding hydrogens is 436 g/mol. The second-order valence-electron chi connectivity index (χ2n) is 11.6. The number of nitrogens with one attached hydrogen (secondary N) is 3. The Morgan fingerprint density at radius 1 is 0.829 bits per heavy atom. The van der Waals surface area contributed by atoms with Gasteiger partial charge in [0, 0.05) is 31.4 Å². The van der Waals surface area contributed by atoms with Crippen LogP contribution in [0.25, 0.3) is 0 Å². The van der Waals surface area contributed by atoms with Gasteiger partial charge in [-0.25, -0.2) is 4.79 Å². The van der Waals surface area contributed by atoms with E-state index < -0.39 is 0 Å². The lowest BCUT2D eigenvalue weighted by molar-refractivity contribution is -0.197. The first-order valence-corrected chi connectivity index (χ1v) is 15.0. The van der Waals surface area contributed by atoms with Crippen molar-refractivity contribution in [2.75, 3.05) is 13.1 Å². The van der Waals surface area contributed by atoms with Crippen molar-refractivity contribution in [3.8, 4) is 0 Å². The monoisotopic (exact) mass is 490 g/mol. The van der Waals surface area contributed by atoms with Crippen molar-refractivity contribution < 1.29 is 9.73 Å². The molecule has 0 atom stereocenters. The average Bonchev–Trinajstić information content (AvgIpc) is 2.87. The van der Waals surface area contributed by atoms with Crippen LogP contribution in [0.1, 0.15) is 122 Å². The van der Waals surface area contributed by atoms with Crippen molar-refractivity contribution in [1.29, 1.82) is 0 Å². The highest BCUT2D eigenvalue weighted by atomic mass is 16.8. The third kappa shape index (κ3) is 11.1. The van der Waals surface area contributed by atoms with Gasteiger partial charge in [0.15, 0.2) is 0 Å². The van der Waals surface area contributed by atoms with Gasteiger partial charge >= 0.3 is 6.03 Å². The lowest BCUT2D eigenvalue weighted by Crippen LogP contribution is -2.47. The van der Waals surface area contributed by atoms with Crippen LogP contribution in [0.15, 0.2) is 12.8 Å². The number of carbonyl (C=O) groups is 1. The molecule has 2 amide bonds. The highest BCUT2D eigenvalue weighted by molar-refractivity contribution is 5.74. The number of hydroxylamine groups is 3. The lowest BCUT2D eigenvalue weighted by Gasteiger charge is -2.34. The summed E-state index contributed by atoms with van der Waals surface area (Å²) < 4.78 is 0. The second-order valence-corrected chi connectivity index (χ2v) is 11.6. The van der Waals surface area contributed by atoms with Gasteiger partial charge in [0.1, 0.15) is 0 Å². The second kappa shape index (κ2) is 16.5. The molecule has 202 valence electrons. The summed E-state index contributed by atoms with van der Waals surface area (Å²) >= 11 is 0. The van der Waals surface area contributed by atoms with Gasteiger partial charge in [-0.2, -0.15) is 10.0 Å². The largest absolute Gasteiger partial charge is 0.335 e. The molecule has 3 aliphatic carbocycles. The number of urea groups is 1. The Morgan fingerprint density at radius 2 is 1.43 bits per heavy atom. The molecule has 0 bridgehead atoms. The third-order valence-electron chi connectivity index (χ3n) is 8.76. The maximum Gasteiger partial charge on any atom is 0.315 e. The maximum atomic E-state index is 12.4. The van der Waals surface area contributed by atoms with Crippen LogP contribution in [0.5, 0.6) is 0 Å². The molecule has 6 heteroatoms. The molecule has 3 N–H and O–H groups in total. The summed E-state index contributed by atoms with van der Waals surface area (Å²) in [5, 5.41) is 8.51. The molecule has 0 aromatic rings. The number of hydrogen-bond donors (Lipinski definition) is 3. The summed E-state index contributed by atoms with van der Waals surface area (Å²) in [6, 6.07) is 0.870. The molecule has 3 aliphatic rings. The van der Waals surface area contributed by atoms with Crippen molar-refractivity contribution in [2.24, 2.45) is 17.8 Å². The summed E-state index contributed by atoms with van der Waals surface area (Å²) in [6.45, 7) is 7.77. The van der Waals surface area contributed by atoms with Gasteiger partial charge in [0.2, 0.25) is 0 Å². The van der Waals surface area contributed by atoms with Crippen LogP contribution in [0.4, 0.5) is 4.79 Å². The van der Waals surface area contributed by atoms with Gasteiger partial charge in [-0.3, -0.25) is 5.48 Å². The fraction of sp³-hybridized carbons (Fsp3) is 0.897. The van der Waals surface area contributed by atoms with E-state index in [9.17, 15) is 4.79 Å². The van der Waals surface area contributed by atoms with E-state index in [-0.39, 0.29) is 6.03 Å². The first-order valence-electron chi connectivity index (χ1n) is 15.0. The Kier molecular flexibility index (Phi) is 13.3. The quantitative estimate of drug-likeness (QED) is 0.184. The topological polar surface area (TPSA) is 65.6 Å². The molecule has 0 saturated heterocycles. The average molecular weight is 491 g/mol. The molecule has 3 saturated carbocycles. The number of unbranched alkanes of at least 4 members (excludes halogenated alkanes) is 1. The summed E-state index contributed by atoms with van der Waals surface area (Å²) in [6.07, 6.45) is 24.8. The standard InChI is InChI=1S/C29H54N4O2/c1-3-21-33(35-30-4-2)22-9-8-10-24-13-15-25(16-14-24)23-26-17-19-28(20-18-26)32-29(34)31-27-11-6-5-7-12-27/h4,24-28,30H,2-3,5-23H2,1H3,(H2,31,32,34). The van der Waals surface area contributed by atoms with E-state index in [1.165, 1.54) is 96.3 Å². The van der Waals surface area contributed by atoms with Crippen LogP contribution in [0, 0.1) is 17.8 Å². The van der Waals surface area contributed by atoms with Crippen LogP contribution in [-0.4, -0.2) is 36.3 Å². The summed E-state index contributed by atoms with van der Waals surface area (Å²) in [4.78, 5) is 17.9. The zero-order valence-electron chi connectivity index (χ0n) is 22.6. The number of carbonyl (C=O) groups excluding carboxylic acids is 1. The molecule has 0 heterocycles. The van der Waals surface area contributed by atoms with E-state index in [0.717, 1.165) is 50.1 Å². The molecule has 0 unspecified atom stereocenters. The Balaban J connectivity index is 1.21. The first kappa shape index (κ1) is 28.3. The first-order chi connectivity index (χ1) is 17.2. The minimum Gasteiger partial charge on any atom is -0.335 e. The van der Waals surface area contributed by atoms with E-state index in [1.54, 1.807) is 6.20 Å². The molecule has 0 radical (unpaired) electrons. The van der Waals surface area contributed by atoms with Gasteiger partial charge < -0.3 is 10.6 Å². The van der Waals surface area contributed by atoms with Crippen LogP contribution in [-0.2, 0) is 4.94 Å². The van der Waals surface area contributed by atoms with Crippen molar-refractivity contribution in [2.45, 2.75) is 135 Å². The number of nitrogens with zero attached hydrogens (tertiary/aromatic N) is 1. The molecule has 0 aromatic carbocycles. The van der Waals surface area contributed by atoms with Gasteiger partial charge in [-0.15, -0.1) is 0 Å². The normalized spacial score (nSPS) is 27.9. The Morgan fingerprint density at radius 3 is 2.06 bits per heavy atom. The van der Waals surface area contributed by atoms with E-state index in [0.29, 0.717) is 12.1 Å². The minimum absolute atomic E-state index is 0.0812. The fourth-order valence-electron chi connectivity index (χ4n) is 6.71. The molecule has 0 spiro atoms. The highest BCUT2D eigenvalue weighted by Crippen LogP contribution is 2.38. The third-order valence-corrected chi connectivity index (χ3v) is 8.76. The summed E-state index contributed by atoms with van der Waals surface area (Å²) in [5.41, 5.74) is 2.76. The van der Waals surface area contributed by atoms with Gasteiger partial charge in [0.05, 0.1) is 0 Å². The van der Waals surface area contributed by atoms with E-state index in [1.807, 2.05) is 5.06 Å². The minimum atomic E-state index is 0.0812. The van der Waals surface area contributed by atoms with Crippen molar-refractivity contribution >= 4 is 6.03 Å². The number of amides is 2. The fourth-order valence-corrected chi connectivity index (χ4v) is 6.71. The van der Waals surface area contributed by atoms with Crippen LogP contribution in [0.2, 0.25) is 0 Å². The molecule has 3 fully saturated rings. The van der Waals surface area contributed by atoms with E-state index >= 15 is 0 Å². The molecule has 6 nitrogen and oxygen atoms in total. The van der Waals surface area contributed by atoms with Crippen LogP contribution >= 0.6 is 0 Å². The van der Waals surface area contributed by atoms with Gasteiger partial charge in [-0.1, -0.05) is 71.3 Å². The zero-order chi connectivity index (χ0) is 24.7. The van der Waals surface area contributed by atoms with Crippen molar-refractivity contribution in [3.05, 3.63) is 12.8 Å². The van der Waals surface area contributed by atoms with Crippen LogP contribution in [0.3, 0.4) is 0 Å². The zero-order valence-corrected chi connectivity index (χ0v) is 22.6. The predicted molar refractivity (Wildman–Crippen MR) is 144 cm³/mol.